The number of pyridine rings is 1. The Morgan fingerprint density at radius 2 is 2.08 bits per heavy atom. The Kier molecular flexibility index (Phi) is 5.30. The average molecular weight is 364 g/mol. The third-order valence-electron chi connectivity index (χ3n) is 4.92. The number of nitrogens with one attached hydrogen (secondary N) is 1. The van der Waals surface area contributed by atoms with E-state index in [1.165, 1.54) is 0 Å². The van der Waals surface area contributed by atoms with E-state index in [-0.39, 0.29) is 30.6 Å². The summed E-state index contributed by atoms with van der Waals surface area (Å²) in [7, 11) is 1.64. The lowest BCUT2D eigenvalue weighted by Gasteiger charge is -2.29. The number of benzene rings is 1. The highest BCUT2D eigenvalue weighted by molar-refractivity contribution is 5.85. The summed E-state index contributed by atoms with van der Waals surface area (Å²) in [5.74, 6) is 0.774. The van der Waals surface area contributed by atoms with Crippen molar-refractivity contribution in [1.82, 2.24) is 15.2 Å². The number of nitrogens with zero attached hydrogens (tertiary/aromatic N) is 2. The van der Waals surface area contributed by atoms with Crippen molar-refractivity contribution in [2.75, 3.05) is 26.7 Å². The molecule has 4 rings (SSSR count). The molecule has 7 heteroatoms. The molecule has 6 nitrogen and oxygen atoms in total. The molecule has 0 radical (unpaired) electrons. The number of amides is 1. The molecular weight excluding hydrogens is 342 g/mol. The van der Waals surface area contributed by atoms with Gasteiger partial charge in [-0.05, 0) is 50.2 Å². The van der Waals surface area contributed by atoms with Gasteiger partial charge in [-0.25, -0.2) is 4.79 Å². The lowest BCUT2D eigenvalue weighted by molar-refractivity contribution is 0.125. The predicted molar refractivity (Wildman–Crippen MR) is 97.4 cm³/mol. The zero-order chi connectivity index (χ0) is 16.5. The predicted octanol–water partition coefficient (Wildman–Crippen LogP) is 2.91. The smallest absolute Gasteiger partial charge is 0.410 e. The number of hydrogen-bond donors (Lipinski definition) is 1. The molecule has 1 aromatic heterocycles. The number of cyclic esters (lactones) is 1. The fourth-order valence-electron chi connectivity index (χ4n) is 3.61. The summed E-state index contributed by atoms with van der Waals surface area (Å²) in [5.41, 5.74) is 1.87. The zero-order valence-corrected chi connectivity index (χ0v) is 14.9. The number of carbonyl (C=O) groups excluding carboxylic acids is 1. The molecule has 1 amide bonds. The Bertz CT molecular complexity index is 764. The maximum atomic E-state index is 12.4. The number of methoxy groups -OCH3 is 1. The van der Waals surface area contributed by atoms with Crippen LogP contribution >= 0.6 is 12.4 Å². The van der Waals surface area contributed by atoms with Gasteiger partial charge in [0, 0.05) is 23.2 Å². The van der Waals surface area contributed by atoms with E-state index in [1.54, 1.807) is 13.3 Å². The molecule has 0 spiro atoms. The Morgan fingerprint density at radius 3 is 2.84 bits per heavy atom. The minimum Gasteiger partial charge on any atom is -0.497 e. The van der Waals surface area contributed by atoms with Crippen molar-refractivity contribution in [1.29, 1.82) is 0 Å². The maximum Gasteiger partial charge on any atom is 0.410 e. The van der Waals surface area contributed by atoms with Crippen molar-refractivity contribution in [2.24, 2.45) is 0 Å². The third-order valence-corrected chi connectivity index (χ3v) is 4.92. The van der Waals surface area contributed by atoms with Crippen LogP contribution in [0.1, 0.15) is 24.5 Å². The first-order chi connectivity index (χ1) is 11.8. The molecule has 25 heavy (non-hydrogen) atoms. The minimum absolute atomic E-state index is 0. The summed E-state index contributed by atoms with van der Waals surface area (Å²) in [6, 6.07) is 7.98. The molecule has 1 N–H and O–H groups in total. The fourth-order valence-corrected chi connectivity index (χ4v) is 3.61. The molecule has 0 aliphatic carbocycles. The molecule has 0 saturated carbocycles. The van der Waals surface area contributed by atoms with Gasteiger partial charge in [-0.2, -0.15) is 0 Å². The second-order valence-electron chi connectivity index (χ2n) is 6.29. The SMILES string of the molecule is COc1ccc2nccc([C@H]3CN(C4CCNCC4)C(=O)O3)c2c1.Cl. The maximum absolute atomic E-state index is 12.4. The van der Waals surface area contributed by atoms with Gasteiger partial charge in [0.1, 0.15) is 11.9 Å². The van der Waals surface area contributed by atoms with E-state index in [9.17, 15) is 4.79 Å². The van der Waals surface area contributed by atoms with Gasteiger partial charge in [0.25, 0.3) is 0 Å². The van der Waals surface area contributed by atoms with E-state index >= 15 is 0 Å². The summed E-state index contributed by atoms with van der Waals surface area (Å²) < 4.78 is 11.0. The number of halogens is 1. The van der Waals surface area contributed by atoms with E-state index in [2.05, 4.69) is 10.3 Å². The van der Waals surface area contributed by atoms with Crippen LogP contribution in [0.3, 0.4) is 0 Å². The molecule has 1 aromatic carbocycles. The molecule has 2 fully saturated rings. The summed E-state index contributed by atoms with van der Waals surface area (Å²) in [6.07, 6.45) is 3.26. The van der Waals surface area contributed by atoms with Crippen molar-refractivity contribution in [3.8, 4) is 5.75 Å². The van der Waals surface area contributed by atoms with Crippen LogP contribution in [0.15, 0.2) is 30.5 Å². The second kappa shape index (κ2) is 7.45. The standard InChI is InChI=1S/C18H21N3O3.ClH/c1-23-13-2-3-16-15(10-13)14(6-9-20-16)17-11-21(18(22)24-17)12-4-7-19-8-5-12;/h2-3,6,9-10,12,17,19H,4-5,7-8,11H2,1H3;1H/t17-;/m1./s1. The Hall–Kier alpha value is -2.05. The number of ether oxygens (including phenoxy) is 2. The first-order valence-electron chi connectivity index (χ1n) is 8.37. The van der Waals surface area contributed by atoms with Crippen LogP contribution in [-0.2, 0) is 4.74 Å². The molecule has 2 saturated heterocycles. The van der Waals surface area contributed by atoms with Gasteiger partial charge < -0.3 is 19.7 Å². The Morgan fingerprint density at radius 1 is 1.28 bits per heavy atom. The number of hydrogen-bond acceptors (Lipinski definition) is 5. The van der Waals surface area contributed by atoms with Crippen molar-refractivity contribution < 1.29 is 14.3 Å². The van der Waals surface area contributed by atoms with E-state index < -0.39 is 0 Å². The average Bonchev–Trinajstić information content (AvgIpc) is 3.03. The molecule has 2 aromatic rings. The summed E-state index contributed by atoms with van der Waals surface area (Å²) in [6.45, 7) is 2.50. The highest BCUT2D eigenvalue weighted by atomic mass is 35.5. The van der Waals surface area contributed by atoms with Crippen LogP contribution in [0, 0.1) is 0 Å². The second-order valence-corrected chi connectivity index (χ2v) is 6.29. The van der Waals surface area contributed by atoms with Crippen LogP contribution < -0.4 is 10.1 Å². The van der Waals surface area contributed by atoms with Gasteiger partial charge in [0.15, 0.2) is 0 Å². The Labute approximate surface area is 152 Å². The van der Waals surface area contributed by atoms with E-state index in [0.29, 0.717) is 6.54 Å². The monoisotopic (exact) mass is 363 g/mol. The van der Waals surface area contributed by atoms with Gasteiger partial charge in [0.05, 0.1) is 19.2 Å². The number of fused-ring (bicyclic) bond motifs is 1. The molecule has 2 aliphatic heterocycles. The first-order valence-corrected chi connectivity index (χ1v) is 8.37. The number of piperidine rings is 1. The Balaban J connectivity index is 0.00000182. The highest BCUT2D eigenvalue weighted by Gasteiger charge is 2.37. The van der Waals surface area contributed by atoms with E-state index in [1.807, 2.05) is 29.2 Å². The molecule has 2 aliphatic rings. The lowest BCUT2D eigenvalue weighted by Crippen LogP contribution is -2.43. The summed E-state index contributed by atoms with van der Waals surface area (Å²) >= 11 is 0. The molecule has 0 bridgehead atoms. The summed E-state index contributed by atoms with van der Waals surface area (Å²) in [4.78, 5) is 18.6. The molecule has 134 valence electrons. The quantitative estimate of drug-likeness (QED) is 0.908. The van der Waals surface area contributed by atoms with Gasteiger partial charge in [-0.3, -0.25) is 4.98 Å². The largest absolute Gasteiger partial charge is 0.497 e. The van der Waals surface area contributed by atoms with Crippen molar-refractivity contribution >= 4 is 29.4 Å². The number of carbonyl (C=O) groups is 1. The van der Waals surface area contributed by atoms with Crippen LogP contribution in [0.2, 0.25) is 0 Å². The minimum atomic E-state index is -0.259. The van der Waals surface area contributed by atoms with Crippen LogP contribution in [0.5, 0.6) is 5.75 Å². The van der Waals surface area contributed by atoms with Gasteiger partial charge >= 0.3 is 6.09 Å². The number of rotatable bonds is 3. The van der Waals surface area contributed by atoms with Crippen molar-refractivity contribution in [3.63, 3.8) is 0 Å². The van der Waals surface area contributed by atoms with Crippen molar-refractivity contribution in [2.45, 2.75) is 25.0 Å². The first kappa shape index (κ1) is 17.8. The van der Waals surface area contributed by atoms with Gasteiger partial charge in [-0.1, -0.05) is 0 Å². The third kappa shape index (κ3) is 3.37. The lowest BCUT2D eigenvalue weighted by atomic mass is 10.0. The van der Waals surface area contributed by atoms with Crippen LogP contribution in [0.25, 0.3) is 10.9 Å². The van der Waals surface area contributed by atoms with Crippen molar-refractivity contribution in [3.05, 3.63) is 36.0 Å². The highest BCUT2D eigenvalue weighted by Crippen LogP contribution is 2.34. The van der Waals surface area contributed by atoms with Gasteiger partial charge in [-0.15, -0.1) is 12.4 Å². The molecule has 3 heterocycles. The van der Waals surface area contributed by atoms with E-state index in [0.717, 1.165) is 48.1 Å². The van der Waals surface area contributed by atoms with Crippen LogP contribution in [0.4, 0.5) is 4.79 Å². The van der Waals surface area contributed by atoms with Crippen LogP contribution in [-0.4, -0.2) is 48.8 Å². The summed E-state index contributed by atoms with van der Waals surface area (Å²) in [5, 5.41) is 4.31. The molecular formula is C18H22ClN3O3. The topological polar surface area (TPSA) is 63.7 Å². The fraction of sp³-hybridized carbons (Fsp3) is 0.444. The zero-order valence-electron chi connectivity index (χ0n) is 14.1. The van der Waals surface area contributed by atoms with E-state index in [4.69, 9.17) is 9.47 Å². The molecule has 0 unspecified atom stereocenters. The molecule has 1 atom stereocenters. The normalized spacial score (nSPS) is 21.1. The number of aromatic nitrogens is 1. The van der Waals surface area contributed by atoms with Gasteiger partial charge in [0.2, 0.25) is 0 Å².